The van der Waals surface area contributed by atoms with E-state index >= 15 is 0 Å². The first-order valence-corrected chi connectivity index (χ1v) is 9.13. The van der Waals surface area contributed by atoms with Crippen LogP contribution in [-0.4, -0.2) is 52.2 Å². The van der Waals surface area contributed by atoms with Crippen LogP contribution in [0.4, 0.5) is 5.82 Å². The van der Waals surface area contributed by atoms with Gasteiger partial charge in [-0.25, -0.2) is 0 Å². The van der Waals surface area contributed by atoms with Crippen LogP contribution < -0.4 is 4.90 Å². The zero-order valence-corrected chi connectivity index (χ0v) is 15.4. The van der Waals surface area contributed by atoms with Crippen molar-refractivity contribution in [3.63, 3.8) is 0 Å². The Morgan fingerprint density at radius 3 is 2.41 bits per heavy atom. The van der Waals surface area contributed by atoms with Crippen LogP contribution in [0, 0.1) is 0 Å². The average Bonchev–Trinajstić information content (AvgIpc) is 2.74. The maximum atomic E-state index is 12.5. The molecule has 0 bridgehead atoms. The summed E-state index contributed by atoms with van der Waals surface area (Å²) in [5.41, 5.74) is 2.23. The molecular weight excluding hydrogens is 362 g/mol. The molecule has 0 atom stereocenters. The van der Waals surface area contributed by atoms with Gasteiger partial charge < -0.3 is 9.80 Å². The fourth-order valence-electron chi connectivity index (χ4n) is 3.12. The summed E-state index contributed by atoms with van der Waals surface area (Å²) in [6.07, 6.45) is 3.27. The molecule has 3 heterocycles. The summed E-state index contributed by atoms with van der Waals surface area (Å²) in [5, 5.41) is 9.33. The lowest BCUT2D eigenvalue weighted by atomic mass is 10.1. The highest BCUT2D eigenvalue weighted by molar-refractivity contribution is 6.33. The van der Waals surface area contributed by atoms with E-state index in [1.54, 1.807) is 24.5 Å². The quantitative estimate of drug-likeness (QED) is 0.699. The first-order chi connectivity index (χ1) is 13.2. The lowest BCUT2D eigenvalue weighted by molar-refractivity contribution is 0.0746. The largest absolute Gasteiger partial charge is 0.352 e. The third-order valence-corrected chi connectivity index (χ3v) is 4.93. The van der Waals surface area contributed by atoms with Crippen molar-refractivity contribution in [1.29, 1.82) is 0 Å². The molecule has 136 valence electrons. The fraction of sp³-hybridized carbons (Fsp3) is 0.200. The zero-order chi connectivity index (χ0) is 18.6. The van der Waals surface area contributed by atoms with E-state index in [2.05, 4.69) is 20.1 Å². The van der Waals surface area contributed by atoms with Crippen molar-refractivity contribution in [2.45, 2.75) is 0 Å². The number of amides is 1. The molecule has 1 saturated heterocycles. The Balaban J connectivity index is 1.41. The molecule has 0 N–H and O–H groups in total. The molecule has 27 heavy (non-hydrogen) atoms. The van der Waals surface area contributed by atoms with Gasteiger partial charge in [-0.15, -0.1) is 10.2 Å². The molecule has 1 amide bonds. The number of hydrogen-bond acceptors (Lipinski definition) is 5. The molecule has 6 nitrogen and oxygen atoms in total. The summed E-state index contributed by atoms with van der Waals surface area (Å²) >= 11 is 6.22. The summed E-state index contributed by atoms with van der Waals surface area (Å²) < 4.78 is 0. The second-order valence-corrected chi connectivity index (χ2v) is 6.68. The smallest absolute Gasteiger partial charge is 0.255 e. The molecule has 0 radical (unpaired) electrons. The van der Waals surface area contributed by atoms with E-state index in [0.717, 1.165) is 17.1 Å². The maximum Gasteiger partial charge on any atom is 0.255 e. The van der Waals surface area contributed by atoms with Crippen molar-refractivity contribution in [3.05, 3.63) is 71.5 Å². The van der Waals surface area contributed by atoms with Crippen LogP contribution in [0.1, 0.15) is 10.4 Å². The van der Waals surface area contributed by atoms with Gasteiger partial charge in [-0.1, -0.05) is 29.8 Å². The fourth-order valence-corrected chi connectivity index (χ4v) is 3.35. The number of benzene rings is 1. The van der Waals surface area contributed by atoms with Crippen LogP contribution in [0.5, 0.6) is 0 Å². The van der Waals surface area contributed by atoms with Gasteiger partial charge in [0, 0.05) is 44.1 Å². The molecule has 1 aromatic carbocycles. The van der Waals surface area contributed by atoms with Crippen molar-refractivity contribution < 1.29 is 4.79 Å². The molecule has 4 rings (SSSR count). The number of anilines is 1. The predicted octanol–water partition coefficient (Wildman–Crippen LogP) is 3.15. The number of halogens is 1. The van der Waals surface area contributed by atoms with Gasteiger partial charge in [0.05, 0.1) is 16.3 Å². The lowest BCUT2D eigenvalue weighted by Crippen LogP contribution is -2.49. The molecule has 0 aliphatic carbocycles. The van der Waals surface area contributed by atoms with E-state index in [0.29, 0.717) is 36.8 Å². The number of rotatable bonds is 3. The number of aromatic nitrogens is 3. The Labute approximate surface area is 162 Å². The van der Waals surface area contributed by atoms with Crippen LogP contribution in [0.25, 0.3) is 11.3 Å². The summed E-state index contributed by atoms with van der Waals surface area (Å²) in [6, 6.07) is 15.0. The van der Waals surface area contributed by atoms with Gasteiger partial charge in [-0.3, -0.25) is 9.78 Å². The van der Waals surface area contributed by atoms with Gasteiger partial charge >= 0.3 is 0 Å². The molecule has 1 fully saturated rings. The summed E-state index contributed by atoms with van der Waals surface area (Å²) in [6.45, 7) is 2.71. The van der Waals surface area contributed by atoms with Crippen LogP contribution in [0.2, 0.25) is 5.02 Å². The molecular formula is C20H18ClN5O. The molecule has 3 aromatic rings. The molecule has 2 aromatic heterocycles. The highest BCUT2D eigenvalue weighted by atomic mass is 35.5. The van der Waals surface area contributed by atoms with E-state index in [1.165, 1.54) is 0 Å². The Morgan fingerprint density at radius 1 is 0.926 bits per heavy atom. The number of nitrogens with zero attached hydrogens (tertiary/aromatic N) is 5. The average molecular weight is 380 g/mol. The third kappa shape index (κ3) is 3.75. The molecule has 1 aliphatic rings. The number of carbonyl (C=O) groups is 1. The molecule has 0 saturated carbocycles. The lowest BCUT2D eigenvalue weighted by Gasteiger charge is -2.35. The van der Waals surface area contributed by atoms with Gasteiger partial charge in [0.1, 0.15) is 0 Å². The van der Waals surface area contributed by atoms with Gasteiger partial charge in [-0.2, -0.15) is 0 Å². The minimum Gasteiger partial charge on any atom is -0.352 e. The van der Waals surface area contributed by atoms with Gasteiger partial charge in [0.2, 0.25) is 0 Å². The molecule has 1 aliphatic heterocycles. The van der Waals surface area contributed by atoms with Crippen molar-refractivity contribution in [2.75, 3.05) is 31.1 Å². The van der Waals surface area contributed by atoms with E-state index in [1.807, 2.05) is 41.3 Å². The molecule has 0 spiro atoms. The monoisotopic (exact) mass is 379 g/mol. The Morgan fingerprint density at radius 2 is 1.74 bits per heavy atom. The van der Waals surface area contributed by atoms with Crippen LogP contribution in [0.3, 0.4) is 0 Å². The maximum absolute atomic E-state index is 12.5. The van der Waals surface area contributed by atoms with E-state index in [4.69, 9.17) is 11.6 Å². The number of carbonyl (C=O) groups excluding carboxylic acids is 1. The highest BCUT2D eigenvalue weighted by Gasteiger charge is 2.23. The first kappa shape index (κ1) is 17.4. The third-order valence-electron chi connectivity index (χ3n) is 4.60. The van der Waals surface area contributed by atoms with Crippen molar-refractivity contribution in [1.82, 2.24) is 20.1 Å². The van der Waals surface area contributed by atoms with Gasteiger partial charge in [-0.05, 0) is 30.3 Å². The van der Waals surface area contributed by atoms with Crippen molar-refractivity contribution in [3.8, 4) is 11.3 Å². The van der Waals surface area contributed by atoms with Crippen molar-refractivity contribution in [2.24, 2.45) is 0 Å². The molecule has 7 heteroatoms. The Hall–Kier alpha value is -2.99. The highest BCUT2D eigenvalue weighted by Crippen LogP contribution is 2.26. The second-order valence-electron chi connectivity index (χ2n) is 6.28. The van der Waals surface area contributed by atoms with Crippen molar-refractivity contribution >= 4 is 23.3 Å². The van der Waals surface area contributed by atoms with Gasteiger partial charge in [0.15, 0.2) is 5.82 Å². The predicted molar refractivity (Wildman–Crippen MR) is 105 cm³/mol. The Kier molecular flexibility index (Phi) is 4.98. The minimum atomic E-state index is 0.0166. The minimum absolute atomic E-state index is 0.0166. The second kappa shape index (κ2) is 7.72. The van der Waals surface area contributed by atoms with E-state index in [-0.39, 0.29) is 5.91 Å². The number of hydrogen-bond donors (Lipinski definition) is 0. The summed E-state index contributed by atoms with van der Waals surface area (Å²) in [4.78, 5) is 20.5. The Bertz CT molecular complexity index is 925. The normalized spacial score (nSPS) is 14.3. The first-order valence-electron chi connectivity index (χ1n) is 8.75. The number of piperazine rings is 1. The van der Waals surface area contributed by atoms with Crippen LogP contribution in [-0.2, 0) is 0 Å². The van der Waals surface area contributed by atoms with E-state index in [9.17, 15) is 4.79 Å². The summed E-state index contributed by atoms with van der Waals surface area (Å²) in [7, 11) is 0. The zero-order valence-electron chi connectivity index (χ0n) is 14.6. The standard InChI is InChI=1S/C20H18ClN5O/c21-17-6-2-1-5-16(17)18-7-8-19(24-23-18)25-10-12-26(13-11-25)20(27)15-4-3-9-22-14-15/h1-9,14H,10-13H2. The van der Waals surface area contributed by atoms with Crippen LogP contribution in [0.15, 0.2) is 60.9 Å². The molecule has 0 unspecified atom stereocenters. The number of pyridine rings is 1. The van der Waals surface area contributed by atoms with Gasteiger partial charge in [0.25, 0.3) is 5.91 Å². The topological polar surface area (TPSA) is 62.2 Å². The van der Waals surface area contributed by atoms with Crippen LogP contribution >= 0.6 is 11.6 Å². The summed E-state index contributed by atoms with van der Waals surface area (Å²) in [5.74, 6) is 0.821. The SMILES string of the molecule is O=C(c1cccnc1)N1CCN(c2ccc(-c3ccccc3Cl)nn2)CC1. The van der Waals surface area contributed by atoms with E-state index < -0.39 is 0 Å².